The first-order valence-electron chi connectivity index (χ1n) is 9.67. The topological polar surface area (TPSA) is 49.4 Å². The molecule has 2 amide bonds. The predicted octanol–water partition coefficient (Wildman–Crippen LogP) is 5.06. The molecule has 4 rings (SSSR count). The van der Waals surface area contributed by atoms with Crippen molar-refractivity contribution in [2.45, 2.75) is 43.9 Å². The molecule has 1 heterocycles. The second-order valence-electron chi connectivity index (χ2n) is 7.57. The summed E-state index contributed by atoms with van der Waals surface area (Å²) in [4.78, 5) is 26.9. The van der Waals surface area contributed by atoms with Crippen molar-refractivity contribution < 1.29 is 14.0 Å². The lowest BCUT2D eigenvalue weighted by Crippen LogP contribution is -2.38. The fourth-order valence-corrected chi connectivity index (χ4v) is 4.63. The number of anilines is 2. The summed E-state index contributed by atoms with van der Waals surface area (Å²) in [7, 11) is 0. The minimum atomic E-state index is -0.649. The highest BCUT2D eigenvalue weighted by Gasteiger charge is 2.42. The molecule has 0 aromatic heterocycles. The van der Waals surface area contributed by atoms with E-state index in [1.807, 2.05) is 0 Å². The Hall–Kier alpha value is -2.40. The number of carbonyl (C=O) groups is 2. The molecule has 1 N–H and O–H groups in total. The molecule has 146 valence electrons. The third-order valence-corrected chi connectivity index (χ3v) is 6.16. The van der Waals surface area contributed by atoms with Crippen molar-refractivity contribution in [2.24, 2.45) is 0 Å². The van der Waals surface area contributed by atoms with Crippen molar-refractivity contribution in [3.63, 3.8) is 0 Å². The monoisotopic (exact) mass is 400 g/mol. The van der Waals surface area contributed by atoms with Gasteiger partial charge in [0.15, 0.2) is 0 Å². The van der Waals surface area contributed by atoms with Gasteiger partial charge in [0.2, 0.25) is 11.8 Å². The Balaban J connectivity index is 1.57. The highest BCUT2D eigenvalue weighted by atomic mass is 35.5. The van der Waals surface area contributed by atoms with Crippen LogP contribution in [0.15, 0.2) is 42.5 Å². The molecule has 1 saturated heterocycles. The van der Waals surface area contributed by atoms with Crippen LogP contribution in [0.5, 0.6) is 0 Å². The lowest BCUT2D eigenvalue weighted by molar-refractivity contribution is -0.121. The number of nitrogens with zero attached hydrogens (tertiary/aromatic N) is 1. The number of hydrogen-bond acceptors (Lipinski definition) is 2. The molecule has 0 atom stereocenters. The molecular weight excluding hydrogens is 379 g/mol. The molecule has 2 aliphatic rings. The van der Waals surface area contributed by atoms with E-state index in [4.69, 9.17) is 11.6 Å². The second-order valence-corrected chi connectivity index (χ2v) is 7.97. The number of amides is 2. The van der Waals surface area contributed by atoms with Crippen LogP contribution in [0.2, 0.25) is 5.02 Å². The molecule has 28 heavy (non-hydrogen) atoms. The Morgan fingerprint density at radius 1 is 1.07 bits per heavy atom. The zero-order chi connectivity index (χ0) is 19.7. The summed E-state index contributed by atoms with van der Waals surface area (Å²) in [6.45, 7) is 0.665. The zero-order valence-corrected chi connectivity index (χ0v) is 16.3. The summed E-state index contributed by atoms with van der Waals surface area (Å²) < 4.78 is 13.3. The van der Waals surface area contributed by atoms with Crippen molar-refractivity contribution >= 4 is 34.8 Å². The van der Waals surface area contributed by atoms with E-state index in [-0.39, 0.29) is 17.6 Å². The number of rotatable bonds is 4. The smallest absolute Gasteiger partial charge is 0.235 e. The SMILES string of the molecule is O=C1CCCN1c1ccc(NC(=O)C2(c3ccc(F)cc3)CCCC2)cc1Cl. The minimum absolute atomic E-state index is 0.0694. The van der Waals surface area contributed by atoms with Crippen molar-refractivity contribution in [3.8, 4) is 0 Å². The van der Waals surface area contributed by atoms with E-state index in [9.17, 15) is 14.0 Å². The maximum absolute atomic E-state index is 13.3. The fourth-order valence-electron chi connectivity index (χ4n) is 4.35. The van der Waals surface area contributed by atoms with Gasteiger partial charge in [0.25, 0.3) is 0 Å². The number of nitrogens with one attached hydrogen (secondary N) is 1. The summed E-state index contributed by atoms with van der Waals surface area (Å²) in [6, 6.07) is 11.5. The van der Waals surface area contributed by atoms with Crippen molar-refractivity contribution in [3.05, 3.63) is 58.9 Å². The summed E-state index contributed by atoms with van der Waals surface area (Å²) in [5.74, 6) is -0.339. The van der Waals surface area contributed by atoms with Gasteiger partial charge < -0.3 is 10.2 Å². The van der Waals surface area contributed by atoms with E-state index in [0.29, 0.717) is 29.4 Å². The van der Waals surface area contributed by atoms with Gasteiger partial charge in [0.1, 0.15) is 5.82 Å². The Kier molecular flexibility index (Phi) is 5.11. The predicted molar refractivity (Wildman–Crippen MR) is 108 cm³/mol. The quantitative estimate of drug-likeness (QED) is 0.780. The zero-order valence-electron chi connectivity index (χ0n) is 15.5. The van der Waals surface area contributed by atoms with Crippen LogP contribution >= 0.6 is 11.6 Å². The first-order valence-corrected chi connectivity index (χ1v) is 10.0. The Labute approximate surface area is 168 Å². The van der Waals surface area contributed by atoms with Gasteiger partial charge in [-0.3, -0.25) is 9.59 Å². The molecular formula is C22H22ClFN2O2. The van der Waals surface area contributed by atoms with Crippen LogP contribution in [0.3, 0.4) is 0 Å². The molecule has 1 saturated carbocycles. The van der Waals surface area contributed by atoms with Crippen LogP contribution in [0.4, 0.5) is 15.8 Å². The lowest BCUT2D eigenvalue weighted by Gasteiger charge is -2.28. The number of halogens is 2. The molecule has 1 aliphatic carbocycles. The van der Waals surface area contributed by atoms with Crippen LogP contribution in [-0.2, 0) is 15.0 Å². The van der Waals surface area contributed by atoms with E-state index in [0.717, 1.165) is 37.7 Å². The van der Waals surface area contributed by atoms with Gasteiger partial charge in [0.05, 0.1) is 16.1 Å². The summed E-state index contributed by atoms with van der Waals surface area (Å²) in [5.41, 5.74) is 1.47. The Morgan fingerprint density at radius 3 is 2.39 bits per heavy atom. The normalized spacial score (nSPS) is 18.5. The van der Waals surface area contributed by atoms with E-state index >= 15 is 0 Å². The van der Waals surface area contributed by atoms with Gasteiger partial charge in [-0.05, 0) is 55.2 Å². The highest BCUT2D eigenvalue weighted by molar-refractivity contribution is 6.34. The van der Waals surface area contributed by atoms with Crippen LogP contribution in [0.1, 0.15) is 44.1 Å². The van der Waals surface area contributed by atoms with Crippen molar-refractivity contribution in [2.75, 3.05) is 16.8 Å². The van der Waals surface area contributed by atoms with Gasteiger partial charge in [-0.25, -0.2) is 4.39 Å². The molecule has 2 aromatic carbocycles. The summed E-state index contributed by atoms with van der Waals surface area (Å²) >= 11 is 6.40. The van der Waals surface area contributed by atoms with Crippen molar-refractivity contribution in [1.82, 2.24) is 0 Å². The van der Waals surface area contributed by atoms with Crippen LogP contribution < -0.4 is 10.2 Å². The summed E-state index contributed by atoms with van der Waals surface area (Å²) in [6.07, 6.45) is 4.75. The van der Waals surface area contributed by atoms with Gasteiger partial charge in [-0.1, -0.05) is 36.6 Å². The largest absolute Gasteiger partial charge is 0.325 e. The Bertz CT molecular complexity index is 907. The number of hydrogen-bond donors (Lipinski definition) is 1. The first-order chi connectivity index (χ1) is 13.5. The van der Waals surface area contributed by atoms with E-state index in [2.05, 4.69) is 5.32 Å². The highest BCUT2D eigenvalue weighted by Crippen LogP contribution is 2.42. The molecule has 2 fully saturated rings. The first kappa shape index (κ1) is 18.9. The van der Waals surface area contributed by atoms with Crippen LogP contribution in [0.25, 0.3) is 0 Å². The van der Waals surface area contributed by atoms with Crippen LogP contribution in [0, 0.1) is 5.82 Å². The maximum Gasteiger partial charge on any atom is 0.235 e. The maximum atomic E-state index is 13.3. The lowest BCUT2D eigenvalue weighted by atomic mass is 9.78. The Morgan fingerprint density at radius 2 is 1.79 bits per heavy atom. The molecule has 4 nitrogen and oxygen atoms in total. The molecule has 0 spiro atoms. The molecule has 0 radical (unpaired) electrons. The standard InChI is InChI=1S/C22H22ClFN2O2/c23-18-14-17(9-10-19(18)26-13-3-4-20(26)27)25-21(28)22(11-1-2-12-22)15-5-7-16(24)8-6-15/h5-10,14H,1-4,11-13H2,(H,25,28). The third kappa shape index (κ3) is 3.39. The molecule has 6 heteroatoms. The van der Waals surface area contributed by atoms with E-state index in [1.165, 1.54) is 12.1 Å². The van der Waals surface area contributed by atoms with Gasteiger partial charge in [0, 0.05) is 18.7 Å². The minimum Gasteiger partial charge on any atom is -0.325 e. The van der Waals surface area contributed by atoms with Crippen molar-refractivity contribution in [1.29, 1.82) is 0 Å². The number of carbonyl (C=O) groups excluding carboxylic acids is 2. The average Bonchev–Trinajstić information content (AvgIpc) is 3.33. The van der Waals surface area contributed by atoms with E-state index in [1.54, 1.807) is 35.2 Å². The molecule has 0 unspecified atom stereocenters. The van der Waals surface area contributed by atoms with Gasteiger partial charge in [-0.15, -0.1) is 0 Å². The van der Waals surface area contributed by atoms with E-state index < -0.39 is 5.41 Å². The molecule has 2 aromatic rings. The fraction of sp³-hybridized carbons (Fsp3) is 0.364. The van der Waals surface area contributed by atoms with Gasteiger partial charge >= 0.3 is 0 Å². The average molecular weight is 401 g/mol. The van der Waals surface area contributed by atoms with Crippen LogP contribution in [-0.4, -0.2) is 18.4 Å². The van der Waals surface area contributed by atoms with Gasteiger partial charge in [-0.2, -0.15) is 0 Å². The third-order valence-electron chi connectivity index (χ3n) is 5.86. The second kappa shape index (κ2) is 7.55. The molecule has 1 aliphatic heterocycles. The number of benzene rings is 2. The molecule has 0 bridgehead atoms. The summed E-state index contributed by atoms with van der Waals surface area (Å²) in [5, 5.41) is 3.43.